The molecule has 1 aromatic carbocycles. The van der Waals surface area contributed by atoms with Crippen molar-refractivity contribution in [3.63, 3.8) is 0 Å². The fraction of sp³-hybridized carbons (Fsp3) is 0.233. The molecule has 8 heteroatoms. The van der Waals surface area contributed by atoms with Crippen molar-refractivity contribution in [2.45, 2.75) is 42.0 Å². The molecule has 194 valence electrons. The first kappa shape index (κ1) is 26.6. The van der Waals surface area contributed by atoms with Crippen molar-refractivity contribution < 1.29 is 9.13 Å². The van der Waals surface area contributed by atoms with Gasteiger partial charge in [-0.2, -0.15) is 0 Å². The van der Waals surface area contributed by atoms with Crippen LogP contribution in [-0.2, 0) is 7.05 Å². The molecule has 0 aliphatic carbocycles. The molecule has 0 spiro atoms. The lowest BCUT2D eigenvalue weighted by Gasteiger charge is -2.16. The second-order valence-corrected chi connectivity index (χ2v) is 9.23. The maximum Gasteiger partial charge on any atom is 0.322 e. The van der Waals surface area contributed by atoms with Crippen LogP contribution in [0, 0.1) is 33.5 Å². The summed E-state index contributed by atoms with van der Waals surface area (Å²) >= 11 is 0. The van der Waals surface area contributed by atoms with Crippen LogP contribution in [0.15, 0.2) is 49.4 Å². The molecule has 0 bridgehead atoms. The van der Waals surface area contributed by atoms with Gasteiger partial charge in [0.1, 0.15) is 12.0 Å². The molecule has 5 rings (SSSR count). The Hall–Kier alpha value is -4.46. The van der Waals surface area contributed by atoms with E-state index in [4.69, 9.17) is 9.72 Å². The van der Waals surface area contributed by atoms with E-state index in [-0.39, 0.29) is 19.2 Å². The second kappa shape index (κ2) is 10.1. The highest BCUT2D eigenvalue weighted by Gasteiger charge is 2.25. The molecule has 7 nitrogen and oxygen atoms in total. The Morgan fingerprint density at radius 1 is 0.947 bits per heavy atom. The van der Waals surface area contributed by atoms with Crippen LogP contribution in [0.1, 0.15) is 42.7 Å². The van der Waals surface area contributed by atoms with E-state index in [1.807, 2.05) is 51.4 Å². The molecule has 0 aliphatic rings. The van der Waals surface area contributed by atoms with Crippen LogP contribution in [0.4, 0.5) is 4.39 Å². The van der Waals surface area contributed by atoms with E-state index in [1.54, 1.807) is 24.7 Å². The Bertz CT molecular complexity index is 1680. The van der Waals surface area contributed by atoms with E-state index >= 15 is 4.39 Å². The van der Waals surface area contributed by atoms with Gasteiger partial charge in [0.05, 0.1) is 17.1 Å². The van der Waals surface area contributed by atoms with Gasteiger partial charge >= 0.3 is 6.01 Å². The third-order valence-corrected chi connectivity index (χ3v) is 6.42. The normalized spacial score (nSPS) is 10.9. The Labute approximate surface area is 222 Å². The quantitative estimate of drug-likeness (QED) is 0.246. The Balaban J connectivity index is 0.00000336. The summed E-state index contributed by atoms with van der Waals surface area (Å²) in [7, 11) is 1.96. The molecule has 0 saturated carbocycles. The molecular weight excluding hydrogens is 479 g/mol. The lowest BCUT2D eigenvalue weighted by molar-refractivity contribution is 0.410. The molecule has 0 fully saturated rings. The van der Waals surface area contributed by atoms with Crippen molar-refractivity contribution in [1.82, 2.24) is 29.5 Å². The third kappa shape index (κ3) is 4.53. The van der Waals surface area contributed by atoms with Crippen molar-refractivity contribution in [2.75, 3.05) is 0 Å². The summed E-state index contributed by atoms with van der Waals surface area (Å²) in [5, 5.41) is 0.859. The summed E-state index contributed by atoms with van der Waals surface area (Å²) in [6.45, 7) is 13.8. The lowest BCUT2D eigenvalue weighted by atomic mass is 9.94. The second-order valence-electron chi connectivity index (χ2n) is 9.23. The van der Waals surface area contributed by atoms with Crippen molar-refractivity contribution in [3.8, 4) is 34.1 Å². The standard InChI is InChI=1S/C29H27FN6O.CH4/c1-15(2)22-12-16(3)24(19(6)35-22)27-26(25-18(5)32-14-33-28(25)36(27)7)20-8-9-23(21(30)13-20)37-29-31-11-10-17(4)34-29;/h8-14H,1H2,2-7H3;1H4. The maximum absolute atomic E-state index is 15.4. The van der Waals surface area contributed by atoms with Crippen LogP contribution in [0.3, 0.4) is 0 Å². The average molecular weight is 511 g/mol. The topological polar surface area (TPSA) is 78.6 Å². The zero-order chi connectivity index (χ0) is 26.4. The van der Waals surface area contributed by atoms with Gasteiger partial charge in [-0.25, -0.2) is 24.3 Å². The van der Waals surface area contributed by atoms with E-state index in [9.17, 15) is 0 Å². The van der Waals surface area contributed by atoms with Crippen LogP contribution in [0.25, 0.3) is 39.0 Å². The van der Waals surface area contributed by atoms with Gasteiger partial charge in [0.25, 0.3) is 0 Å². The van der Waals surface area contributed by atoms with Gasteiger partial charge in [0.15, 0.2) is 11.6 Å². The predicted octanol–water partition coefficient (Wildman–Crippen LogP) is 7.32. The Morgan fingerprint density at radius 2 is 1.71 bits per heavy atom. The minimum absolute atomic E-state index is 0. The van der Waals surface area contributed by atoms with Gasteiger partial charge in [-0.3, -0.25) is 4.98 Å². The number of allylic oxidation sites excluding steroid dienone is 1. The Morgan fingerprint density at radius 3 is 2.37 bits per heavy atom. The number of fused-ring (bicyclic) bond motifs is 1. The van der Waals surface area contributed by atoms with Crippen molar-refractivity contribution in [3.05, 3.63) is 83.6 Å². The van der Waals surface area contributed by atoms with Crippen molar-refractivity contribution in [1.29, 1.82) is 0 Å². The number of benzene rings is 1. The minimum Gasteiger partial charge on any atom is -0.421 e. The highest BCUT2D eigenvalue weighted by molar-refractivity contribution is 6.05. The summed E-state index contributed by atoms with van der Waals surface area (Å²) in [5.41, 5.74) is 9.31. The van der Waals surface area contributed by atoms with Gasteiger partial charge in [-0.05, 0) is 75.6 Å². The molecule has 0 unspecified atom stereocenters. The molecule has 0 amide bonds. The minimum atomic E-state index is -0.524. The molecule has 38 heavy (non-hydrogen) atoms. The number of rotatable bonds is 5. The van der Waals surface area contributed by atoms with E-state index in [0.717, 1.165) is 61.8 Å². The van der Waals surface area contributed by atoms with Crippen LogP contribution < -0.4 is 4.74 Å². The molecule has 0 atom stereocenters. The lowest BCUT2D eigenvalue weighted by Crippen LogP contribution is -2.02. The molecule has 0 N–H and O–H groups in total. The molecule has 4 aromatic heterocycles. The average Bonchev–Trinajstić information content (AvgIpc) is 3.13. The number of hydrogen-bond acceptors (Lipinski definition) is 6. The molecular formula is C30H31FN6O. The number of ether oxygens (including phenoxy) is 1. The number of halogens is 1. The zero-order valence-corrected chi connectivity index (χ0v) is 21.7. The van der Waals surface area contributed by atoms with E-state index in [0.29, 0.717) is 5.56 Å². The first-order valence-electron chi connectivity index (χ1n) is 11.9. The first-order chi connectivity index (χ1) is 17.7. The Kier molecular flexibility index (Phi) is 7.09. The van der Waals surface area contributed by atoms with Crippen LogP contribution in [-0.4, -0.2) is 29.5 Å². The van der Waals surface area contributed by atoms with Crippen LogP contribution in [0.5, 0.6) is 11.8 Å². The summed E-state index contributed by atoms with van der Waals surface area (Å²) < 4.78 is 23.1. The molecule has 0 saturated heterocycles. The van der Waals surface area contributed by atoms with Crippen LogP contribution >= 0.6 is 0 Å². The smallest absolute Gasteiger partial charge is 0.322 e. The predicted molar refractivity (Wildman–Crippen MR) is 150 cm³/mol. The van der Waals surface area contributed by atoms with E-state index in [2.05, 4.69) is 33.4 Å². The van der Waals surface area contributed by atoms with Crippen molar-refractivity contribution in [2.24, 2.45) is 7.05 Å². The fourth-order valence-electron chi connectivity index (χ4n) is 4.69. The highest BCUT2D eigenvalue weighted by atomic mass is 19.1. The van der Waals surface area contributed by atoms with Gasteiger partial charge in [-0.1, -0.05) is 20.1 Å². The number of aryl methyl sites for hydroxylation is 5. The maximum atomic E-state index is 15.4. The number of hydrogen-bond donors (Lipinski definition) is 0. The molecule has 4 heterocycles. The van der Waals surface area contributed by atoms with Gasteiger partial charge in [0, 0.05) is 41.1 Å². The van der Waals surface area contributed by atoms with Crippen molar-refractivity contribution >= 4 is 16.6 Å². The SMILES string of the molecule is C.C=C(C)c1cc(C)c(-c2c(-c3ccc(Oc4nccc(C)n4)c(F)c3)c3c(C)ncnc3n2C)c(C)n1. The monoisotopic (exact) mass is 510 g/mol. The van der Waals surface area contributed by atoms with E-state index in [1.165, 1.54) is 6.07 Å². The number of nitrogens with zero attached hydrogens (tertiary/aromatic N) is 6. The third-order valence-electron chi connectivity index (χ3n) is 6.42. The number of aromatic nitrogens is 6. The van der Waals surface area contributed by atoms with Gasteiger partial charge in [0.2, 0.25) is 0 Å². The largest absolute Gasteiger partial charge is 0.421 e. The summed E-state index contributed by atoms with van der Waals surface area (Å²) in [4.78, 5) is 22.1. The zero-order valence-electron chi connectivity index (χ0n) is 21.7. The first-order valence-corrected chi connectivity index (χ1v) is 11.9. The fourth-order valence-corrected chi connectivity index (χ4v) is 4.69. The van der Waals surface area contributed by atoms with Crippen LogP contribution in [0.2, 0.25) is 0 Å². The summed E-state index contributed by atoms with van der Waals surface area (Å²) in [6.07, 6.45) is 3.12. The van der Waals surface area contributed by atoms with Gasteiger partial charge in [-0.15, -0.1) is 0 Å². The summed E-state index contributed by atoms with van der Waals surface area (Å²) in [5.74, 6) is -0.479. The van der Waals surface area contributed by atoms with Gasteiger partial charge < -0.3 is 9.30 Å². The molecule has 0 radical (unpaired) electrons. The summed E-state index contributed by atoms with van der Waals surface area (Å²) in [6, 6.07) is 8.77. The highest BCUT2D eigenvalue weighted by Crippen LogP contribution is 2.43. The number of pyridine rings is 1. The van der Waals surface area contributed by atoms with E-state index < -0.39 is 5.82 Å². The molecule has 0 aliphatic heterocycles. The molecule has 5 aromatic rings.